The SMILES string of the molecule is COCC(C)N1CC(CCN)c2ccccc21. The van der Waals surface area contributed by atoms with Gasteiger partial charge in [0.05, 0.1) is 6.61 Å². The van der Waals surface area contributed by atoms with Gasteiger partial charge in [-0.2, -0.15) is 0 Å². The summed E-state index contributed by atoms with van der Waals surface area (Å²) in [6, 6.07) is 9.08. The van der Waals surface area contributed by atoms with Crippen molar-refractivity contribution < 1.29 is 4.74 Å². The summed E-state index contributed by atoms with van der Waals surface area (Å²) in [5, 5.41) is 0. The molecule has 1 aromatic rings. The Morgan fingerprint density at radius 1 is 1.47 bits per heavy atom. The van der Waals surface area contributed by atoms with Gasteiger partial charge in [-0.3, -0.25) is 0 Å². The number of nitrogens with zero attached hydrogens (tertiary/aromatic N) is 1. The smallest absolute Gasteiger partial charge is 0.0663 e. The molecule has 0 aliphatic carbocycles. The molecular formula is C14H22N2O. The molecule has 0 radical (unpaired) electrons. The number of ether oxygens (including phenoxy) is 1. The first-order valence-corrected chi connectivity index (χ1v) is 6.32. The highest BCUT2D eigenvalue weighted by Crippen LogP contribution is 2.38. The van der Waals surface area contributed by atoms with Crippen LogP contribution in [-0.4, -0.2) is 32.8 Å². The Labute approximate surface area is 104 Å². The zero-order chi connectivity index (χ0) is 12.3. The van der Waals surface area contributed by atoms with Crippen molar-refractivity contribution >= 4 is 5.69 Å². The number of benzene rings is 1. The summed E-state index contributed by atoms with van der Waals surface area (Å²) < 4.78 is 5.26. The molecule has 1 aromatic carbocycles. The number of fused-ring (bicyclic) bond motifs is 1. The van der Waals surface area contributed by atoms with Crippen LogP contribution in [0.4, 0.5) is 5.69 Å². The van der Waals surface area contributed by atoms with E-state index in [1.165, 1.54) is 11.3 Å². The Morgan fingerprint density at radius 2 is 2.24 bits per heavy atom. The molecule has 0 bridgehead atoms. The molecule has 94 valence electrons. The van der Waals surface area contributed by atoms with E-state index < -0.39 is 0 Å². The maximum atomic E-state index is 5.70. The molecule has 2 unspecified atom stereocenters. The first-order chi connectivity index (χ1) is 8.27. The Bertz CT molecular complexity index is 367. The van der Waals surface area contributed by atoms with E-state index in [0.717, 1.165) is 26.1 Å². The number of hydrogen-bond donors (Lipinski definition) is 1. The fourth-order valence-electron chi connectivity index (χ4n) is 2.72. The van der Waals surface area contributed by atoms with Gasteiger partial charge in [-0.25, -0.2) is 0 Å². The Hall–Kier alpha value is -1.06. The van der Waals surface area contributed by atoms with Crippen LogP contribution in [0.2, 0.25) is 0 Å². The van der Waals surface area contributed by atoms with E-state index in [9.17, 15) is 0 Å². The molecule has 0 saturated carbocycles. The summed E-state index contributed by atoms with van der Waals surface area (Å²) in [6.07, 6.45) is 1.06. The summed E-state index contributed by atoms with van der Waals surface area (Å²) in [6.45, 7) is 4.81. The normalized spacial score (nSPS) is 20.4. The van der Waals surface area contributed by atoms with Gasteiger partial charge < -0.3 is 15.4 Å². The van der Waals surface area contributed by atoms with Crippen molar-refractivity contribution in [3.8, 4) is 0 Å². The number of hydrogen-bond acceptors (Lipinski definition) is 3. The minimum absolute atomic E-state index is 0.420. The summed E-state index contributed by atoms with van der Waals surface area (Å²) in [5.74, 6) is 0.579. The first kappa shape index (κ1) is 12.4. The van der Waals surface area contributed by atoms with Gasteiger partial charge >= 0.3 is 0 Å². The predicted octanol–water partition coefficient (Wildman–Crippen LogP) is 1.97. The molecule has 3 heteroatoms. The Morgan fingerprint density at radius 3 is 2.94 bits per heavy atom. The molecule has 17 heavy (non-hydrogen) atoms. The van der Waals surface area contributed by atoms with E-state index in [4.69, 9.17) is 10.5 Å². The summed E-state index contributed by atoms with van der Waals surface area (Å²) in [7, 11) is 1.76. The van der Waals surface area contributed by atoms with Crippen LogP contribution in [0.25, 0.3) is 0 Å². The van der Waals surface area contributed by atoms with Gasteiger partial charge in [0.2, 0.25) is 0 Å². The van der Waals surface area contributed by atoms with Crippen molar-refractivity contribution in [3.63, 3.8) is 0 Å². The molecule has 3 nitrogen and oxygen atoms in total. The Balaban J connectivity index is 2.21. The van der Waals surface area contributed by atoms with E-state index in [-0.39, 0.29) is 0 Å². The van der Waals surface area contributed by atoms with Crippen molar-refractivity contribution in [1.29, 1.82) is 0 Å². The second-order valence-corrected chi connectivity index (χ2v) is 4.79. The zero-order valence-corrected chi connectivity index (χ0v) is 10.7. The standard InChI is InChI=1S/C14H22N2O/c1-11(10-17-2)16-9-12(7-8-15)13-5-3-4-6-14(13)16/h3-6,11-12H,7-10,15H2,1-2H3. The molecule has 0 fully saturated rings. The average Bonchev–Trinajstić information content (AvgIpc) is 2.70. The third-order valence-corrected chi connectivity index (χ3v) is 3.56. The van der Waals surface area contributed by atoms with Crippen LogP contribution < -0.4 is 10.6 Å². The zero-order valence-electron chi connectivity index (χ0n) is 10.7. The third-order valence-electron chi connectivity index (χ3n) is 3.56. The number of anilines is 1. The van der Waals surface area contributed by atoms with Crippen molar-refractivity contribution in [1.82, 2.24) is 0 Å². The van der Waals surface area contributed by atoms with Crippen LogP contribution in [0.15, 0.2) is 24.3 Å². The quantitative estimate of drug-likeness (QED) is 0.846. The van der Waals surface area contributed by atoms with Crippen LogP contribution in [0.3, 0.4) is 0 Å². The van der Waals surface area contributed by atoms with Gasteiger partial charge in [0.25, 0.3) is 0 Å². The molecule has 0 spiro atoms. The largest absolute Gasteiger partial charge is 0.383 e. The molecule has 2 N–H and O–H groups in total. The summed E-state index contributed by atoms with van der Waals surface area (Å²) in [4.78, 5) is 2.44. The average molecular weight is 234 g/mol. The third kappa shape index (κ3) is 2.45. The predicted molar refractivity (Wildman–Crippen MR) is 71.5 cm³/mol. The van der Waals surface area contributed by atoms with E-state index in [1.54, 1.807) is 7.11 Å². The number of methoxy groups -OCH3 is 1. The highest BCUT2D eigenvalue weighted by molar-refractivity contribution is 5.60. The molecule has 0 amide bonds. The fraction of sp³-hybridized carbons (Fsp3) is 0.571. The van der Waals surface area contributed by atoms with Gasteiger partial charge in [0.1, 0.15) is 0 Å². The molecule has 0 saturated heterocycles. The second kappa shape index (κ2) is 5.52. The minimum Gasteiger partial charge on any atom is -0.383 e. The first-order valence-electron chi connectivity index (χ1n) is 6.32. The summed E-state index contributed by atoms with van der Waals surface area (Å²) in [5.41, 5.74) is 8.50. The highest BCUT2D eigenvalue weighted by Gasteiger charge is 2.30. The van der Waals surface area contributed by atoms with Crippen molar-refractivity contribution in [2.24, 2.45) is 5.73 Å². The van der Waals surface area contributed by atoms with Crippen molar-refractivity contribution in [2.45, 2.75) is 25.3 Å². The Kier molecular flexibility index (Phi) is 4.02. The maximum absolute atomic E-state index is 5.70. The lowest BCUT2D eigenvalue weighted by molar-refractivity contribution is 0.182. The fourth-order valence-corrected chi connectivity index (χ4v) is 2.72. The van der Waals surface area contributed by atoms with Crippen LogP contribution in [-0.2, 0) is 4.74 Å². The number of para-hydroxylation sites is 1. The van der Waals surface area contributed by atoms with Gasteiger partial charge in [-0.1, -0.05) is 18.2 Å². The van der Waals surface area contributed by atoms with Gasteiger partial charge in [0, 0.05) is 31.3 Å². The van der Waals surface area contributed by atoms with Crippen LogP contribution in [0, 0.1) is 0 Å². The summed E-state index contributed by atoms with van der Waals surface area (Å²) >= 11 is 0. The molecule has 0 aromatic heterocycles. The van der Waals surface area contributed by atoms with Gasteiger partial charge in [0.15, 0.2) is 0 Å². The van der Waals surface area contributed by atoms with Crippen LogP contribution >= 0.6 is 0 Å². The topological polar surface area (TPSA) is 38.5 Å². The number of rotatable bonds is 5. The molecule has 1 aliphatic rings. The number of nitrogens with two attached hydrogens (primary N) is 1. The van der Waals surface area contributed by atoms with Gasteiger partial charge in [-0.05, 0) is 31.5 Å². The van der Waals surface area contributed by atoms with E-state index in [2.05, 4.69) is 36.1 Å². The van der Waals surface area contributed by atoms with E-state index >= 15 is 0 Å². The lowest BCUT2D eigenvalue weighted by Gasteiger charge is -2.27. The van der Waals surface area contributed by atoms with Crippen LogP contribution in [0.5, 0.6) is 0 Å². The van der Waals surface area contributed by atoms with Gasteiger partial charge in [-0.15, -0.1) is 0 Å². The monoisotopic (exact) mass is 234 g/mol. The maximum Gasteiger partial charge on any atom is 0.0663 e. The molecular weight excluding hydrogens is 212 g/mol. The molecule has 1 heterocycles. The molecule has 1 aliphatic heterocycles. The van der Waals surface area contributed by atoms with Crippen molar-refractivity contribution in [2.75, 3.05) is 31.7 Å². The lowest BCUT2D eigenvalue weighted by atomic mass is 9.98. The second-order valence-electron chi connectivity index (χ2n) is 4.79. The molecule has 2 rings (SSSR count). The van der Waals surface area contributed by atoms with Crippen LogP contribution in [0.1, 0.15) is 24.8 Å². The lowest BCUT2D eigenvalue weighted by Crippen LogP contribution is -2.35. The van der Waals surface area contributed by atoms with E-state index in [0.29, 0.717) is 12.0 Å². The van der Waals surface area contributed by atoms with E-state index in [1.807, 2.05) is 0 Å². The molecule has 2 atom stereocenters. The minimum atomic E-state index is 0.420. The highest BCUT2D eigenvalue weighted by atomic mass is 16.5. The van der Waals surface area contributed by atoms with Crippen molar-refractivity contribution in [3.05, 3.63) is 29.8 Å².